The predicted octanol–water partition coefficient (Wildman–Crippen LogP) is 4.01. The predicted molar refractivity (Wildman–Crippen MR) is 136 cm³/mol. The van der Waals surface area contributed by atoms with E-state index in [1.165, 1.54) is 17.1 Å². The van der Waals surface area contributed by atoms with Crippen LogP contribution in [0.5, 0.6) is 5.75 Å². The van der Waals surface area contributed by atoms with Crippen LogP contribution in [0.15, 0.2) is 77.9 Å². The SMILES string of the molecule is [O-][NH+](O)c1ccc(N2N=C(c3ccc4ccccc4c3O)CC2c2ccc(Cl)cc2Cl)c([NH+]([O-])O)c1. The van der Waals surface area contributed by atoms with Gasteiger partial charge in [-0.2, -0.15) is 15.6 Å². The molecule has 1 aliphatic heterocycles. The zero-order valence-electron chi connectivity index (χ0n) is 18.5. The molecule has 0 spiro atoms. The van der Waals surface area contributed by atoms with E-state index in [1.54, 1.807) is 24.3 Å². The average Bonchev–Trinajstić information content (AvgIpc) is 3.28. The molecule has 0 fully saturated rings. The maximum atomic E-state index is 12.1. The van der Waals surface area contributed by atoms with Gasteiger partial charge in [0, 0.05) is 33.5 Å². The fourth-order valence-electron chi connectivity index (χ4n) is 4.44. The number of fused-ring (bicyclic) bond motifs is 1. The topological polar surface area (TPSA) is 131 Å². The summed E-state index contributed by atoms with van der Waals surface area (Å²) < 4.78 is 0. The maximum Gasteiger partial charge on any atom is 0.195 e. The van der Waals surface area contributed by atoms with E-state index in [4.69, 9.17) is 28.3 Å². The first-order chi connectivity index (χ1) is 17.2. The lowest BCUT2D eigenvalue weighted by Gasteiger charge is -2.27. The number of nitrogens with zero attached hydrogens (tertiary/aromatic N) is 2. The van der Waals surface area contributed by atoms with Gasteiger partial charge in [-0.15, -0.1) is 0 Å². The Morgan fingerprint density at radius 2 is 1.69 bits per heavy atom. The van der Waals surface area contributed by atoms with Crippen molar-refractivity contribution in [2.45, 2.75) is 12.5 Å². The average molecular weight is 527 g/mol. The van der Waals surface area contributed by atoms with E-state index in [2.05, 4.69) is 0 Å². The molecule has 36 heavy (non-hydrogen) atoms. The van der Waals surface area contributed by atoms with Gasteiger partial charge in [0.2, 0.25) is 0 Å². The molecular weight excluding hydrogens is 507 g/mol. The number of phenols is 1. The van der Waals surface area contributed by atoms with E-state index >= 15 is 0 Å². The molecule has 0 saturated carbocycles. The third-order valence-corrected chi connectivity index (χ3v) is 6.73. The number of anilines is 1. The Bertz CT molecular complexity index is 1500. The Morgan fingerprint density at radius 1 is 0.917 bits per heavy atom. The molecule has 0 saturated heterocycles. The van der Waals surface area contributed by atoms with Gasteiger partial charge in [0.15, 0.2) is 11.4 Å². The minimum atomic E-state index is -1.30. The normalized spacial score (nSPS) is 17.3. The number of hydrogen-bond donors (Lipinski definition) is 5. The maximum absolute atomic E-state index is 12.1. The van der Waals surface area contributed by atoms with Gasteiger partial charge in [-0.3, -0.25) is 5.01 Å². The van der Waals surface area contributed by atoms with E-state index in [1.807, 2.05) is 30.3 Å². The third kappa shape index (κ3) is 4.39. The molecule has 5 N–H and O–H groups in total. The summed E-state index contributed by atoms with van der Waals surface area (Å²) in [5.41, 5.74) is 1.49. The number of hydrogen-bond acceptors (Lipinski definition) is 7. The molecule has 0 amide bonds. The molecule has 9 nitrogen and oxygen atoms in total. The monoisotopic (exact) mass is 526 g/mol. The van der Waals surface area contributed by atoms with Gasteiger partial charge >= 0.3 is 0 Å². The molecule has 4 aromatic rings. The summed E-state index contributed by atoms with van der Waals surface area (Å²) in [6.07, 6.45) is 0.299. The van der Waals surface area contributed by atoms with Gasteiger partial charge in [-0.25, -0.2) is 10.4 Å². The molecule has 3 atom stereocenters. The second kappa shape index (κ2) is 9.66. The van der Waals surface area contributed by atoms with Crippen molar-refractivity contribution in [2.75, 3.05) is 5.01 Å². The van der Waals surface area contributed by atoms with Crippen LogP contribution in [0.4, 0.5) is 17.1 Å². The van der Waals surface area contributed by atoms with Crippen molar-refractivity contribution in [3.8, 4) is 5.75 Å². The molecule has 11 heteroatoms. The van der Waals surface area contributed by atoms with Crippen LogP contribution < -0.4 is 15.5 Å². The largest absolute Gasteiger partial charge is 0.595 e. The lowest BCUT2D eigenvalue weighted by atomic mass is 9.95. The van der Waals surface area contributed by atoms with Crippen LogP contribution in [-0.2, 0) is 0 Å². The van der Waals surface area contributed by atoms with Gasteiger partial charge in [-0.05, 0) is 35.2 Å². The van der Waals surface area contributed by atoms with Crippen LogP contribution >= 0.6 is 23.2 Å². The van der Waals surface area contributed by atoms with Crippen molar-refractivity contribution < 1.29 is 26.0 Å². The minimum absolute atomic E-state index is 0.0642. The van der Waals surface area contributed by atoms with E-state index in [0.717, 1.165) is 11.5 Å². The lowest BCUT2D eigenvalue weighted by Crippen LogP contribution is -3.00. The number of rotatable bonds is 5. The van der Waals surface area contributed by atoms with Crippen LogP contribution in [0.1, 0.15) is 23.6 Å². The van der Waals surface area contributed by atoms with Crippen molar-refractivity contribution in [3.63, 3.8) is 0 Å². The summed E-state index contributed by atoms with van der Waals surface area (Å²) in [4.78, 5) is 0. The summed E-state index contributed by atoms with van der Waals surface area (Å²) in [7, 11) is 0. The highest BCUT2D eigenvalue weighted by atomic mass is 35.5. The minimum Gasteiger partial charge on any atom is -0.595 e. The van der Waals surface area contributed by atoms with Crippen LogP contribution in [0.3, 0.4) is 0 Å². The number of halogens is 2. The Balaban J connectivity index is 1.68. The Kier molecular flexibility index (Phi) is 6.56. The van der Waals surface area contributed by atoms with Crippen molar-refractivity contribution in [3.05, 3.63) is 104 Å². The fraction of sp³-hybridized carbons (Fsp3) is 0.0800. The molecule has 1 heterocycles. The highest BCUT2D eigenvalue weighted by Gasteiger charge is 2.35. The molecule has 1 aliphatic rings. The van der Waals surface area contributed by atoms with Gasteiger partial charge in [0.05, 0.1) is 17.8 Å². The Hall–Kier alpha value is -3.25. The second-order valence-corrected chi connectivity index (χ2v) is 9.15. The Labute approximate surface area is 215 Å². The smallest absolute Gasteiger partial charge is 0.195 e. The lowest BCUT2D eigenvalue weighted by molar-refractivity contribution is -0.996. The molecule has 3 unspecified atom stereocenters. The summed E-state index contributed by atoms with van der Waals surface area (Å²) in [5.74, 6) is 0.0642. The molecule has 0 bridgehead atoms. The van der Waals surface area contributed by atoms with Crippen molar-refractivity contribution >= 4 is 56.7 Å². The summed E-state index contributed by atoms with van der Waals surface area (Å²) >= 11 is 12.6. The number of hydrazone groups is 1. The fourth-order valence-corrected chi connectivity index (χ4v) is 4.97. The first-order valence-electron chi connectivity index (χ1n) is 10.9. The standard InChI is InChI=1S/C25H20Cl2N4O5/c26-15-6-9-18(20(27)11-15)23-13-21(19-8-5-14-3-1-2-4-17(14)25(19)32)28-29(23)22-10-7-16(30(33)34)12-24(22)31(35)36/h1-12,23,30-33,35H,13H2. The molecular formula is C25H20Cl2N4O5. The first-order valence-corrected chi connectivity index (χ1v) is 11.6. The van der Waals surface area contributed by atoms with Crippen molar-refractivity contribution in [1.82, 2.24) is 0 Å². The first kappa shape index (κ1) is 24.4. The number of nitrogens with one attached hydrogen (secondary N) is 2. The van der Waals surface area contributed by atoms with Gasteiger partial charge in [-0.1, -0.05) is 59.6 Å². The van der Waals surface area contributed by atoms with E-state index in [9.17, 15) is 25.9 Å². The van der Waals surface area contributed by atoms with Gasteiger partial charge in [0.25, 0.3) is 0 Å². The molecule has 5 rings (SSSR count). The third-order valence-electron chi connectivity index (χ3n) is 6.16. The zero-order valence-corrected chi connectivity index (χ0v) is 20.0. The summed E-state index contributed by atoms with van der Waals surface area (Å²) in [6.45, 7) is 0. The number of phenolic OH excluding ortho intramolecular Hbond substituents is 1. The summed E-state index contributed by atoms with van der Waals surface area (Å²) in [6, 6.07) is 19.4. The van der Waals surface area contributed by atoms with E-state index in [0.29, 0.717) is 38.7 Å². The molecule has 0 aromatic heterocycles. The van der Waals surface area contributed by atoms with Gasteiger partial charge < -0.3 is 15.5 Å². The zero-order chi connectivity index (χ0) is 25.6. The van der Waals surface area contributed by atoms with Crippen LogP contribution in [0, 0.1) is 10.4 Å². The quantitative estimate of drug-likeness (QED) is 0.249. The van der Waals surface area contributed by atoms with Crippen molar-refractivity contribution in [2.24, 2.45) is 5.10 Å². The van der Waals surface area contributed by atoms with Crippen LogP contribution in [0.25, 0.3) is 10.8 Å². The van der Waals surface area contributed by atoms with Crippen LogP contribution in [-0.4, -0.2) is 21.2 Å². The van der Waals surface area contributed by atoms with E-state index < -0.39 is 16.5 Å². The molecule has 0 radical (unpaired) electrons. The Morgan fingerprint density at radius 3 is 2.42 bits per heavy atom. The van der Waals surface area contributed by atoms with Crippen LogP contribution in [0.2, 0.25) is 10.0 Å². The molecule has 184 valence electrons. The highest BCUT2D eigenvalue weighted by molar-refractivity contribution is 6.35. The van der Waals surface area contributed by atoms with E-state index in [-0.39, 0.29) is 22.8 Å². The molecule has 0 aliphatic carbocycles. The second-order valence-electron chi connectivity index (χ2n) is 8.30. The number of quaternary nitrogens is 2. The van der Waals surface area contributed by atoms with Crippen molar-refractivity contribution in [1.29, 1.82) is 0 Å². The summed E-state index contributed by atoms with van der Waals surface area (Å²) in [5, 5.41) is 59.9. The highest BCUT2D eigenvalue weighted by Crippen LogP contribution is 2.43. The number of aromatic hydroxyl groups is 1. The molecule has 4 aromatic carbocycles. The number of benzene rings is 4. The van der Waals surface area contributed by atoms with Gasteiger partial charge in [0.1, 0.15) is 11.4 Å².